The lowest BCUT2D eigenvalue weighted by Gasteiger charge is -2.27. The monoisotopic (exact) mass is 224 g/mol. The van der Waals surface area contributed by atoms with Gasteiger partial charge < -0.3 is 20.4 Å². The van der Waals surface area contributed by atoms with E-state index in [1.165, 1.54) is 12.8 Å². The molecule has 1 fully saturated rings. The number of aromatic amines is 1. The summed E-state index contributed by atoms with van der Waals surface area (Å²) in [4.78, 5) is 9.44. The van der Waals surface area contributed by atoms with E-state index >= 15 is 0 Å². The summed E-state index contributed by atoms with van der Waals surface area (Å²) in [6.07, 6.45) is 3.89. The first-order valence-corrected chi connectivity index (χ1v) is 5.81. The van der Waals surface area contributed by atoms with Crippen molar-refractivity contribution in [1.29, 1.82) is 0 Å². The van der Waals surface area contributed by atoms with Crippen molar-refractivity contribution in [2.45, 2.75) is 32.3 Å². The van der Waals surface area contributed by atoms with Crippen LogP contribution in [0, 0.1) is 6.92 Å². The number of nitrogen functional groups attached to an aromatic ring is 1. The van der Waals surface area contributed by atoms with E-state index in [0.717, 1.165) is 31.2 Å². The Hall–Kier alpha value is -1.23. The highest BCUT2D eigenvalue weighted by atomic mass is 16.5. The second-order valence-electron chi connectivity index (χ2n) is 4.43. The van der Waals surface area contributed by atoms with E-state index in [1.54, 1.807) is 0 Å². The van der Waals surface area contributed by atoms with Gasteiger partial charge in [-0.3, -0.25) is 0 Å². The van der Waals surface area contributed by atoms with Crippen LogP contribution in [0.5, 0.6) is 0 Å². The number of rotatable bonds is 3. The highest BCUT2D eigenvalue weighted by molar-refractivity contribution is 5.58. The van der Waals surface area contributed by atoms with Crippen LogP contribution in [-0.4, -0.2) is 36.3 Å². The van der Waals surface area contributed by atoms with Crippen molar-refractivity contribution in [2.24, 2.45) is 0 Å². The minimum Gasteiger partial charge on any atom is -0.382 e. The molecule has 1 atom stereocenters. The van der Waals surface area contributed by atoms with Gasteiger partial charge in [0.2, 0.25) is 0 Å². The molecule has 1 aliphatic heterocycles. The minimum absolute atomic E-state index is 0.315. The molecule has 0 saturated carbocycles. The van der Waals surface area contributed by atoms with Crippen LogP contribution in [0.1, 0.15) is 25.1 Å². The fourth-order valence-electron chi connectivity index (χ4n) is 2.13. The molecule has 5 heteroatoms. The van der Waals surface area contributed by atoms with E-state index in [1.807, 2.05) is 14.0 Å². The summed E-state index contributed by atoms with van der Waals surface area (Å²) in [7, 11) is 2.00. The van der Waals surface area contributed by atoms with Crippen molar-refractivity contribution in [2.75, 3.05) is 30.8 Å². The van der Waals surface area contributed by atoms with Gasteiger partial charge in [-0.15, -0.1) is 0 Å². The van der Waals surface area contributed by atoms with Gasteiger partial charge >= 0.3 is 0 Å². The third kappa shape index (κ3) is 2.47. The molecular formula is C11H20N4O. The van der Waals surface area contributed by atoms with Gasteiger partial charge in [0.1, 0.15) is 11.6 Å². The van der Waals surface area contributed by atoms with Crippen LogP contribution in [0.25, 0.3) is 0 Å². The zero-order valence-corrected chi connectivity index (χ0v) is 9.99. The van der Waals surface area contributed by atoms with E-state index in [2.05, 4.69) is 14.9 Å². The number of ether oxygens (including phenoxy) is 1. The average molecular weight is 224 g/mol. The Morgan fingerprint density at radius 1 is 1.56 bits per heavy atom. The van der Waals surface area contributed by atoms with Crippen molar-refractivity contribution in [3.05, 3.63) is 5.82 Å². The third-order valence-electron chi connectivity index (χ3n) is 2.94. The van der Waals surface area contributed by atoms with Crippen molar-refractivity contribution in [3.63, 3.8) is 0 Å². The number of anilines is 2. The van der Waals surface area contributed by atoms with E-state index in [4.69, 9.17) is 10.5 Å². The predicted molar refractivity (Wildman–Crippen MR) is 64.6 cm³/mol. The predicted octanol–water partition coefficient (Wildman–Crippen LogP) is 1.31. The first-order valence-electron chi connectivity index (χ1n) is 5.81. The molecule has 1 aromatic rings. The van der Waals surface area contributed by atoms with Crippen LogP contribution in [0.15, 0.2) is 0 Å². The van der Waals surface area contributed by atoms with Crippen LogP contribution >= 0.6 is 0 Å². The standard InChI is InChI=1S/C11H20N4O/c1-8-13-10(12)11(14-8)15(2)7-9-5-3-4-6-16-9/h9H,3-7,12H2,1-2H3,(H,13,14). The average Bonchev–Trinajstić information content (AvgIpc) is 2.59. The fourth-order valence-corrected chi connectivity index (χ4v) is 2.13. The molecule has 1 aromatic heterocycles. The molecule has 0 spiro atoms. The number of nitrogens with two attached hydrogens (primary N) is 1. The van der Waals surface area contributed by atoms with E-state index in [9.17, 15) is 0 Å². The Labute approximate surface area is 96.0 Å². The molecule has 2 heterocycles. The molecule has 0 bridgehead atoms. The van der Waals surface area contributed by atoms with Gasteiger partial charge in [0.25, 0.3) is 0 Å². The van der Waals surface area contributed by atoms with Gasteiger partial charge in [-0.1, -0.05) is 0 Å². The summed E-state index contributed by atoms with van der Waals surface area (Å²) in [5, 5.41) is 0. The summed E-state index contributed by atoms with van der Waals surface area (Å²) in [5.74, 6) is 2.31. The first kappa shape index (κ1) is 11.3. The van der Waals surface area contributed by atoms with Crippen LogP contribution in [0.4, 0.5) is 11.6 Å². The molecule has 2 rings (SSSR count). The molecular weight excluding hydrogens is 204 g/mol. The summed E-state index contributed by atoms with van der Waals surface area (Å²) >= 11 is 0. The summed E-state index contributed by atoms with van der Waals surface area (Å²) in [6, 6.07) is 0. The van der Waals surface area contributed by atoms with Crippen molar-refractivity contribution < 1.29 is 4.74 Å². The maximum absolute atomic E-state index is 5.85. The zero-order chi connectivity index (χ0) is 11.5. The molecule has 1 aliphatic rings. The second-order valence-corrected chi connectivity index (χ2v) is 4.43. The smallest absolute Gasteiger partial charge is 0.171 e. The molecule has 0 radical (unpaired) electrons. The van der Waals surface area contributed by atoms with Crippen LogP contribution in [0.3, 0.4) is 0 Å². The SMILES string of the molecule is Cc1nc(N(C)CC2CCCCO2)c(N)[nH]1. The number of aryl methyl sites for hydroxylation is 1. The lowest BCUT2D eigenvalue weighted by Crippen LogP contribution is -2.33. The molecule has 0 amide bonds. The van der Waals surface area contributed by atoms with Crippen molar-refractivity contribution in [3.8, 4) is 0 Å². The van der Waals surface area contributed by atoms with Gasteiger partial charge in [0, 0.05) is 20.2 Å². The molecule has 1 saturated heterocycles. The topological polar surface area (TPSA) is 67.2 Å². The lowest BCUT2D eigenvalue weighted by molar-refractivity contribution is 0.0215. The second kappa shape index (κ2) is 4.74. The van der Waals surface area contributed by atoms with Crippen molar-refractivity contribution >= 4 is 11.6 Å². The highest BCUT2D eigenvalue weighted by Crippen LogP contribution is 2.21. The quantitative estimate of drug-likeness (QED) is 0.812. The van der Waals surface area contributed by atoms with Gasteiger partial charge in [-0.05, 0) is 26.2 Å². The number of likely N-dealkylation sites (N-methyl/N-ethyl adjacent to an activating group) is 1. The fraction of sp³-hybridized carbons (Fsp3) is 0.727. The Bertz CT molecular complexity index is 344. The number of hydrogen-bond acceptors (Lipinski definition) is 4. The normalized spacial score (nSPS) is 21.0. The molecule has 90 valence electrons. The number of aromatic nitrogens is 2. The Kier molecular flexibility index (Phi) is 3.33. The Morgan fingerprint density at radius 2 is 2.38 bits per heavy atom. The maximum atomic E-state index is 5.85. The van der Waals surface area contributed by atoms with E-state index < -0.39 is 0 Å². The molecule has 3 N–H and O–H groups in total. The Morgan fingerprint density at radius 3 is 2.94 bits per heavy atom. The van der Waals surface area contributed by atoms with Crippen LogP contribution in [-0.2, 0) is 4.74 Å². The highest BCUT2D eigenvalue weighted by Gasteiger charge is 2.18. The third-order valence-corrected chi connectivity index (χ3v) is 2.94. The van der Waals surface area contributed by atoms with Crippen molar-refractivity contribution in [1.82, 2.24) is 9.97 Å². The largest absolute Gasteiger partial charge is 0.382 e. The summed E-state index contributed by atoms with van der Waals surface area (Å²) < 4.78 is 5.70. The van der Waals surface area contributed by atoms with Gasteiger partial charge in [-0.25, -0.2) is 4.98 Å². The van der Waals surface area contributed by atoms with Gasteiger partial charge in [0.15, 0.2) is 5.82 Å². The first-order chi connectivity index (χ1) is 7.66. The lowest BCUT2D eigenvalue weighted by atomic mass is 10.1. The van der Waals surface area contributed by atoms with Gasteiger partial charge in [0.05, 0.1) is 6.10 Å². The Balaban J connectivity index is 1.96. The van der Waals surface area contributed by atoms with Gasteiger partial charge in [-0.2, -0.15) is 0 Å². The molecule has 1 unspecified atom stereocenters. The maximum Gasteiger partial charge on any atom is 0.171 e. The number of nitrogens with zero attached hydrogens (tertiary/aromatic N) is 2. The van der Waals surface area contributed by atoms with Crippen LogP contribution < -0.4 is 10.6 Å². The van der Waals surface area contributed by atoms with Crippen LogP contribution in [0.2, 0.25) is 0 Å². The minimum atomic E-state index is 0.315. The molecule has 0 aliphatic carbocycles. The van der Waals surface area contributed by atoms with E-state index in [0.29, 0.717) is 11.9 Å². The van der Waals surface area contributed by atoms with E-state index in [-0.39, 0.29) is 0 Å². The molecule has 0 aromatic carbocycles. The number of H-pyrrole nitrogens is 1. The molecule has 16 heavy (non-hydrogen) atoms. The number of hydrogen-bond donors (Lipinski definition) is 2. The number of nitrogens with one attached hydrogen (secondary N) is 1. The summed E-state index contributed by atoms with van der Waals surface area (Å²) in [6.45, 7) is 3.65. The zero-order valence-electron chi connectivity index (χ0n) is 9.99. The number of imidazole rings is 1. The summed E-state index contributed by atoms with van der Waals surface area (Å²) in [5.41, 5.74) is 5.85. The molecule has 5 nitrogen and oxygen atoms in total.